The Bertz CT molecular complexity index is 1460. The minimum atomic E-state index is -4.41. The molecule has 3 N–H and O–H groups in total. The fourth-order valence-corrected chi connectivity index (χ4v) is 3.67. The molecule has 0 aliphatic rings. The van der Waals surface area contributed by atoms with Gasteiger partial charge in [0.05, 0.1) is 33.8 Å². The highest BCUT2D eigenvalue weighted by molar-refractivity contribution is 6.02. The maximum atomic E-state index is 12.8. The second kappa shape index (κ2) is 7.73. The summed E-state index contributed by atoms with van der Waals surface area (Å²) in [5, 5.41) is 9.85. The summed E-state index contributed by atoms with van der Waals surface area (Å²) in [7, 11) is 0. The Morgan fingerprint density at radius 1 is 0.970 bits per heavy atom. The highest BCUT2D eigenvalue weighted by atomic mass is 19.4. The van der Waals surface area contributed by atoms with Crippen molar-refractivity contribution in [2.45, 2.75) is 19.1 Å². The molecule has 0 aliphatic carbocycles. The Balaban J connectivity index is 1.40. The van der Waals surface area contributed by atoms with Gasteiger partial charge in [-0.05, 0) is 48.9 Å². The molecule has 0 aliphatic heterocycles. The number of fused-ring (bicyclic) bond motifs is 2. The van der Waals surface area contributed by atoms with E-state index in [0.717, 1.165) is 34.3 Å². The Labute approximate surface area is 185 Å². The van der Waals surface area contributed by atoms with E-state index in [1.807, 2.05) is 18.2 Å². The number of carbonyl (C=O) groups excluding carboxylic acids is 1. The van der Waals surface area contributed by atoms with Crippen molar-refractivity contribution in [3.8, 4) is 11.3 Å². The predicted molar refractivity (Wildman–Crippen MR) is 116 cm³/mol. The topological polar surface area (TPSA) is 99.3 Å². The maximum Gasteiger partial charge on any atom is 0.416 e. The molecule has 3 aromatic heterocycles. The molecule has 1 atom stereocenters. The van der Waals surface area contributed by atoms with Gasteiger partial charge in [-0.25, -0.2) is 9.97 Å². The molecular formula is C23H17F3N6O. The van der Waals surface area contributed by atoms with Gasteiger partial charge < -0.3 is 10.4 Å². The van der Waals surface area contributed by atoms with Crippen molar-refractivity contribution in [3.63, 3.8) is 0 Å². The van der Waals surface area contributed by atoms with Crippen LogP contribution in [0.1, 0.15) is 34.7 Å². The minimum absolute atomic E-state index is 0.00847. The lowest BCUT2D eigenvalue weighted by Crippen LogP contribution is -2.27. The van der Waals surface area contributed by atoms with Crippen molar-refractivity contribution in [2.24, 2.45) is 0 Å². The number of nitrogens with one attached hydrogen (secondary N) is 3. The molecule has 33 heavy (non-hydrogen) atoms. The van der Waals surface area contributed by atoms with Gasteiger partial charge in [0.2, 0.25) is 5.82 Å². The second-order valence-corrected chi connectivity index (χ2v) is 7.61. The molecule has 0 unspecified atom stereocenters. The summed E-state index contributed by atoms with van der Waals surface area (Å²) in [5.41, 5.74) is 3.51. The first-order valence-corrected chi connectivity index (χ1v) is 10.1. The fraction of sp³-hybridized carbons (Fsp3) is 0.130. The number of benzene rings is 2. The number of amides is 1. The monoisotopic (exact) mass is 450 g/mol. The number of imidazole rings is 1. The van der Waals surface area contributed by atoms with E-state index in [0.29, 0.717) is 16.6 Å². The van der Waals surface area contributed by atoms with Crippen LogP contribution in [0.3, 0.4) is 0 Å². The number of carbonyl (C=O) groups is 1. The molecule has 0 saturated carbocycles. The molecule has 0 bridgehead atoms. The summed E-state index contributed by atoms with van der Waals surface area (Å²) in [4.78, 5) is 25.4. The van der Waals surface area contributed by atoms with Crippen LogP contribution in [-0.2, 0) is 6.18 Å². The number of hydrogen-bond donors (Lipinski definition) is 3. The summed E-state index contributed by atoms with van der Waals surface area (Å²) in [6, 6.07) is 11.5. The van der Waals surface area contributed by atoms with Gasteiger partial charge in [0.15, 0.2) is 0 Å². The second-order valence-electron chi connectivity index (χ2n) is 7.61. The fourth-order valence-electron chi connectivity index (χ4n) is 3.67. The van der Waals surface area contributed by atoms with E-state index in [1.165, 1.54) is 12.1 Å². The molecule has 5 rings (SSSR count). The molecule has 0 radical (unpaired) electrons. The SMILES string of the molecule is C[C@@H](NC(=O)c1nc2cc3[nH][nH]c(-c4ccncc4)c3cc2n1)c1ccc(C(F)(F)F)cc1. The van der Waals surface area contributed by atoms with Crippen molar-refractivity contribution in [1.29, 1.82) is 0 Å². The first kappa shape index (κ1) is 20.7. The molecule has 1 amide bonds. The Kier molecular flexibility index (Phi) is 4.85. The van der Waals surface area contributed by atoms with Crippen LogP contribution in [0.25, 0.3) is 33.2 Å². The quantitative estimate of drug-likeness (QED) is 0.358. The van der Waals surface area contributed by atoms with Gasteiger partial charge in [0.1, 0.15) is 0 Å². The van der Waals surface area contributed by atoms with E-state index >= 15 is 0 Å². The third-order valence-corrected chi connectivity index (χ3v) is 5.42. The molecular weight excluding hydrogens is 433 g/mol. The molecule has 166 valence electrons. The Morgan fingerprint density at radius 3 is 2.30 bits per heavy atom. The van der Waals surface area contributed by atoms with E-state index in [4.69, 9.17) is 0 Å². The van der Waals surface area contributed by atoms with E-state index in [1.54, 1.807) is 25.4 Å². The van der Waals surface area contributed by atoms with Crippen LogP contribution >= 0.6 is 0 Å². The third-order valence-electron chi connectivity index (χ3n) is 5.42. The Morgan fingerprint density at radius 2 is 1.64 bits per heavy atom. The Hall–Kier alpha value is -4.21. The van der Waals surface area contributed by atoms with Gasteiger partial charge in [-0.3, -0.25) is 14.9 Å². The van der Waals surface area contributed by atoms with Gasteiger partial charge >= 0.3 is 6.18 Å². The zero-order valence-corrected chi connectivity index (χ0v) is 17.2. The number of rotatable bonds is 4. The largest absolute Gasteiger partial charge is 0.416 e. The minimum Gasteiger partial charge on any atom is -0.343 e. The molecule has 2 aromatic carbocycles. The van der Waals surface area contributed by atoms with Crippen LogP contribution < -0.4 is 5.32 Å². The number of aromatic nitrogens is 5. The van der Waals surface area contributed by atoms with Crippen LogP contribution in [-0.4, -0.2) is 31.1 Å². The predicted octanol–water partition coefficient (Wildman–Crippen LogP) is 5.01. The normalized spacial score (nSPS) is 12.8. The first-order valence-electron chi connectivity index (χ1n) is 10.1. The first-order chi connectivity index (χ1) is 15.8. The molecule has 0 fully saturated rings. The number of nitrogens with zero attached hydrogens (tertiary/aromatic N) is 3. The van der Waals surface area contributed by atoms with Gasteiger partial charge in [0, 0.05) is 23.3 Å². The zero-order chi connectivity index (χ0) is 23.2. The van der Waals surface area contributed by atoms with E-state index in [9.17, 15) is 18.0 Å². The number of H-pyrrole nitrogens is 2. The average molecular weight is 450 g/mol. The number of hydrogen-bond acceptors (Lipinski definition) is 4. The lowest BCUT2D eigenvalue weighted by molar-refractivity contribution is -0.137. The van der Waals surface area contributed by atoms with Crippen LogP contribution in [0, 0.1) is 0 Å². The third kappa shape index (κ3) is 3.91. The molecule has 0 saturated heterocycles. The maximum absolute atomic E-state index is 12.8. The van der Waals surface area contributed by atoms with Crippen molar-refractivity contribution in [2.75, 3.05) is 0 Å². The van der Waals surface area contributed by atoms with Crippen molar-refractivity contribution >= 4 is 27.8 Å². The lowest BCUT2D eigenvalue weighted by atomic mass is 10.1. The summed E-state index contributed by atoms with van der Waals surface area (Å²) >= 11 is 0. The van der Waals surface area contributed by atoms with Gasteiger partial charge in [-0.15, -0.1) is 0 Å². The zero-order valence-electron chi connectivity index (χ0n) is 17.2. The van der Waals surface area contributed by atoms with Crippen LogP contribution in [0.15, 0.2) is 60.9 Å². The van der Waals surface area contributed by atoms with E-state index < -0.39 is 23.7 Å². The summed E-state index contributed by atoms with van der Waals surface area (Å²) < 4.78 is 38.3. The standard InChI is InChI=1S/C23H17F3N6O/c1-12(13-2-4-15(5-3-13)23(24,25)26)28-22(33)21-29-18-10-16-17(11-19(18)30-21)31-32-20(16)14-6-8-27-9-7-14/h2-12,31-32H,1H3,(H,28,33)/t12-/m1/s1. The van der Waals surface area contributed by atoms with E-state index in [2.05, 4.69) is 30.5 Å². The molecule has 10 heteroatoms. The number of alkyl halides is 3. The van der Waals surface area contributed by atoms with Crippen LogP contribution in [0.2, 0.25) is 0 Å². The van der Waals surface area contributed by atoms with Gasteiger partial charge in [-0.1, -0.05) is 12.1 Å². The van der Waals surface area contributed by atoms with E-state index in [-0.39, 0.29) is 5.82 Å². The number of aromatic amines is 2. The molecule has 3 heterocycles. The number of halogens is 3. The van der Waals surface area contributed by atoms with Crippen LogP contribution in [0.5, 0.6) is 0 Å². The summed E-state index contributed by atoms with van der Waals surface area (Å²) in [6.07, 6.45) is -1.01. The van der Waals surface area contributed by atoms with Gasteiger partial charge in [0.25, 0.3) is 5.91 Å². The lowest BCUT2D eigenvalue weighted by Gasteiger charge is -2.14. The molecule has 5 aromatic rings. The van der Waals surface area contributed by atoms with Crippen molar-refractivity contribution in [3.05, 3.63) is 77.9 Å². The van der Waals surface area contributed by atoms with Crippen molar-refractivity contribution in [1.82, 2.24) is 30.5 Å². The smallest absolute Gasteiger partial charge is 0.343 e. The number of pyridine rings is 1. The van der Waals surface area contributed by atoms with Crippen molar-refractivity contribution < 1.29 is 18.0 Å². The molecule has 7 nitrogen and oxygen atoms in total. The highest BCUT2D eigenvalue weighted by Crippen LogP contribution is 2.30. The summed E-state index contributed by atoms with van der Waals surface area (Å²) in [6.45, 7) is 1.68. The van der Waals surface area contributed by atoms with Gasteiger partial charge in [-0.2, -0.15) is 13.2 Å². The highest BCUT2D eigenvalue weighted by Gasteiger charge is 2.30. The summed E-state index contributed by atoms with van der Waals surface area (Å²) in [5.74, 6) is -0.519. The van der Waals surface area contributed by atoms with Crippen LogP contribution in [0.4, 0.5) is 13.2 Å². The molecule has 0 spiro atoms. The average Bonchev–Trinajstić information content (AvgIpc) is 3.41.